The van der Waals surface area contributed by atoms with Crippen LogP contribution in [0.15, 0.2) is 59.5 Å². The monoisotopic (exact) mass is 286 g/mol. The molecule has 0 unspecified atom stereocenters. The number of nitrogens with one attached hydrogen (secondary N) is 1. The predicted molar refractivity (Wildman–Crippen MR) is 81.5 cm³/mol. The smallest absolute Gasteiger partial charge is 0.281 e. The highest BCUT2D eigenvalue weighted by atomic mass is 32.1. The summed E-state index contributed by atoms with van der Waals surface area (Å²) in [7, 11) is 0. The van der Waals surface area contributed by atoms with Crippen molar-refractivity contribution in [3.05, 3.63) is 64.9 Å². The molecule has 2 aromatic rings. The van der Waals surface area contributed by atoms with Crippen molar-refractivity contribution in [3.63, 3.8) is 0 Å². The SMILES string of the molecule is C=CCOc1ccc(/C=N\NC(=O)c2cccs2)cc1. The Hall–Kier alpha value is -2.40. The number of ether oxygens (including phenoxy) is 1. The van der Waals surface area contributed by atoms with Gasteiger partial charge in [0, 0.05) is 0 Å². The Bertz CT molecular complexity index is 589. The molecule has 0 spiro atoms. The summed E-state index contributed by atoms with van der Waals surface area (Å²) < 4.78 is 5.37. The Morgan fingerprint density at radius 2 is 2.15 bits per heavy atom. The number of amides is 1. The van der Waals surface area contributed by atoms with E-state index in [2.05, 4.69) is 17.1 Å². The zero-order valence-electron chi connectivity index (χ0n) is 10.8. The molecule has 0 saturated carbocycles. The molecule has 20 heavy (non-hydrogen) atoms. The summed E-state index contributed by atoms with van der Waals surface area (Å²) in [5.41, 5.74) is 3.36. The van der Waals surface area contributed by atoms with Gasteiger partial charge in [-0.3, -0.25) is 4.79 Å². The first-order valence-corrected chi connectivity index (χ1v) is 6.88. The van der Waals surface area contributed by atoms with Gasteiger partial charge in [-0.25, -0.2) is 5.43 Å². The van der Waals surface area contributed by atoms with E-state index in [1.54, 1.807) is 18.4 Å². The average molecular weight is 286 g/mol. The molecule has 5 heteroatoms. The summed E-state index contributed by atoms with van der Waals surface area (Å²) in [5.74, 6) is 0.562. The molecule has 1 aromatic carbocycles. The minimum absolute atomic E-state index is 0.206. The van der Waals surface area contributed by atoms with Crippen LogP contribution in [0.4, 0.5) is 0 Å². The molecule has 0 bridgehead atoms. The second kappa shape index (κ2) is 7.25. The van der Waals surface area contributed by atoms with E-state index in [0.717, 1.165) is 11.3 Å². The third-order valence-corrected chi connectivity index (χ3v) is 3.24. The molecule has 1 aromatic heterocycles. The lowest BCUT2D eigenvalue weighted by Crippen LogP contribution is -2.16. The molecule has 1 amide bonds. The van der Waals surface area contributed by atoms with Crippen LogP contribution in [0.25, 0.3) is 0 Å². The summed E-state index contributed by atoms with van der Waals surface area (Å²) in [4.78, 5) is 12.3. The van der Waals surface area contributed by atoms with E-state index in [-0.39, 0.29) is 5.91 Å². The van der Waals surface area contributed by atoms with Crippen molar-refractivity contribution in [1.29, 1.82) is 0 Å². The number of benzene rings is 1. The number of hydrazone groups is 1. The third kappa shape index (κ3) is 4.07. The van der Waals surface area contributed by atoms with Gasteiger partial charge in [0.2, 0.25) is 0 Å². The van der Waals surface area contributed by atoms with Crippen molar-refractivity contribution in [1.82, 2.24) is 5.43 Å². The van der Waals surface area contributed by atoms with Gasteiger partial charge in [0.05, 0.1) is 11.1 Å². The number of hydrogen-bond acceptors (Lipinski definition) is 4. The zero-order valence-corrected chi connectivity index (χ0v) is 11.6. The summed E-state index contributed by atoms with van der Waals surface area (Å²) in [6.07, 6.45) is 3.28. The highest BCUT2D eigenvalue weighted by molar-refractivity contribution is 7.12. The topological polar surface area (TPSA) is 50.7 Å². The number of rotatable bonds is 6. The molecule has 0 aliphatic carbocycles. The van der Waals surface area contributed by atoms with Gasteiger partial charge < -0.3 is 4.74 Å². The fraction of sp³-hybridized carbons (Fsp3) is 0.0667. The minimum Gasteiger partial charge on any atom is -0.490 e. The molecule has 0 fully saturated rings. The van der Waals surface area contributed by atoms with Crippen LogP contribution in [-0.4, -0.2) is 18.7 Å². The molecule has 0 atom stereocenters. The maximum atomic E-state index is 11.6. The van der Waals surface area contributed by atoms with E-state index in [1.807, 2.05) is 35.7 Å². The largest absolute Gasteiger partial charge is 0.490 e. The van der Waals surface area contributed by atoms with Gasteiger partial charge in [-0.2, -0.15) is 5.10 Å². The highest BCUT2D eigenvalue weighted by Crippen LogP contribution is 2.11. The van der Waals surface area contributed by atoms with E-state index in [4.69, 9.17) is 4.74 Å². The van der Waals surface area contributed by atoms with Crippen LogP contribution in [0.2, 0.25) is 0 Å². The highest BCUT2D eigenvalue weighted by Gasteiger charge is 2.03. The Morgan fingerprint density at radius 1 is 1.35 bits per heavy atom. The molecular weight excluding hydrogens is 272 g/mol. The maximum absolute atomic E-state index is 11.6. The summed E-state index contributed by atoms with van der Waals surface area (Å²) >= 11 is 1.38. The molecule has 0 aliphatic heterocycles. The van der Waals surface area contributed by atoms with E-state index in [1.165, 1.54) is 11.3 Å². The van der Waals surface area contributed by atoms with Crippen LogP contribution in [-0.2, 0) is 0 Å². The maximum Gasteiger partial charge on any atom is 0.281 e. The lowest BCUT2D eigenvalue weighted by Gasteiger charge is -2.02. The molecule has 4 nitrogen and oxygen atoms in total. The quantitative estimate of drug-likeness (QED) is 0.504. The van der Waals surface area contributed by atoms with Crippen molar-refractivity contribution in [2.75, 3.05) is 6.61 Å². The van der Waals surface area contributed by atoms with Crippen LogP contribution in [0.5, 0.6) is 5.75 Å². The Balaban J connectivity index is 1.88. The molecule has 102 valence electrons. The number of hydrogen-bond donors (Lipinski definition) is 1. The van der Waals surface area contributed by atoms with Gasteiger partial charge in [-0.1, -0.05) is 18.7 Å². The number of carbonyl (C=O) groups is 1. The molecule has 0 aliphatic rings. The molecule has 0 radical (unpaired) electrons. The Labute approximate surface area is 121 Å². The van der Waals surface area contributed by atoms with Crippen LogP contribution in [0.1, 0.15) is 15.2 Å². The number of carbonyl (C=O) groups excluding carboxylic acids is 1. The second-order valence-electron chi connectivity index (χ2n) is 3.85. The van der Waals surface area contributed by atoms with Crippen LogP contribution in [0, 0.1) is 0 Å². The lowest BCUT2D eigenvalue weighted by molar-refractivity contribution is 0.0959. The lowest BCUT2D eigenvalue weighted by atomic mass is 10.2. The van der Waals surface area contributed by atoms with Crippen molar-refractivity contribution in [3.8, 4) is 5.75 Å². The number of thiophene rings is 1. The van der Waals surface area contributed by atoms with E-state index in [0.29, 0.717) is 11.5 Å². The minimum atomic E-state index is -0.206. The summed E-state index contributed by atoms with van der Waals surface area (Å²) in [6, 6.07) is 11.0. The van der Waals surface area contributed by atoms with Crippen molar-refractivity contribution in [2.24, 2.45) is 5.10 Å². The van der Waals surface area contributed by atoms with Gasteiger partial charge in [0.25, 0.3) is 5.91 Å². The van der Waals surface area contributed by atoms with Gasteiger partial charge in [-0.15, -0.1) is 11.3 Å². The third-order valence-electron chi connectivity index (χ3n) is 2.37. The fourth-order valence-electron chi connectivity index (χ4n) is 1.43. The summed E-state index contributed by atoms with van der Waals surface area (Å²) in [6.45, 7) is 4.06. The normalized spacial score (nSPS) is 10.4. The second-order valence-corrected chi connectivity index (χ2v) is 4.79. The van der Waals surface area contributed by atoms with Gasteiger partial charge in [-0.05, 0) is 41.3 Å². The number of nitrogens with zero attached hydrogens (tertiary/aromatic N) is 1. The van der Waals surface area contributed by atoms with E-state index in [9.17, 15) is 4.79 Å². The predicted octanol–water partition coefficient (Wildman–Crippen LogP) is 3.08. The van der Waals surface area contributed by atoms with Gasteiger partial charge >= 0.3 is 0 Å². The standard InChI is InChI=1S/C15H14N2O2S/c1-2-9-19-13-7-5-12(6-8-13)11-16-17-15(18)14-4-3-10-20-14/h2-8,10-11H,1,9H2,(H,17,18)/b16-11-. The van der Waals surface area contributed by atoms with E-state index >= 15 is 0 Å². The first-order valence-electron chi connectivity index (χ1n) is 6.00. The van der Waals surface area contributed by atoms with Gasteiger partial charge in [0.1, 0.15) is 12.4 Å². The van der Waals surface area contributed by atoms with Crippen molar-refractivity contribution < 1.29 is 9.53 Å². The molecule has 0 saturated heterocycles. The first kappa shape index (κ1) is 14.0. The Kier molecular flexibility index (Phi) is 5.08. The molecule has 1 N–H and O–H groups in total. The molecule has 1 heterocycles. The van der Waals surface area contributed by atoms with E-state index < -0.39 is 0 Å². The van der Waals surface area contributed by atoms with Crippen LogP contribution in [0.3, 0.4) is 0 Å². The van der Waals surface area contributed by atoms with Crippen LogP contribution >= 0.6 is 11.3 Å². The zero-order chi connectivity index (χ0) is 14.2. The summed E-state index contributed by atoms with van der Waals surface area (Å²) in [5, 5.41) is 5.76. The van der Waals surface area contributed by atoms with Crippen molar-refractivity contribution >= 4 is 23.5 Å². The fourth-order valence-corrected chi connectivity index (χ4v) is 2.05. The van der Waals surface area contributed by atoms with Crippen molar-refractivity contribution in [2.45, 2.75) is 0 Å². The van der Waals surface area contributed by atoms with Crippen LogP contribution < -0.4 is 10.2 Å². The van der Waals surface area contributed by atoms with Gasteiger partial charge in [0.15, 0.2) is 0 Å². The first-order chi connectivity index (χ1) is 9.79. The Morgan fingerprint density at radius 3 is 2.80 bits per heavy atom. The molecular formula is C15H14N2O2S. The average Bonchev–Trinajstić information content (AvgIpc) is 3.00. The molecule has 2 rings (SSSR count).